The van der Waals surface area contributed by atoms with E-state index in [1.165, 1.54) is 12.8 Å². The van der Waals surface area contributed by atoms with Crippen molar-refractivity contribution in [1.82, 2.24) is 10.2 Å². The van der Waals surface area contributed by atoms with Crippen LogP contribution in [0.2, 0.25) is 0 Å². The SMILES string of the molecule is Cc1c(CNC(=O)C2CC3CCN2CC3)oc2ccccc12. The van der Waals surface area contributed by atoms with Gasteiger partial charge in [-0.05, 0) is 51.3 Å². The van der Waals surface area contributed by atoms with Crippen LogP contribution in [0.1, 0.15) is 30.6 Å². The number of rotatable bonds is 3. The normalized spacial score (nSPS) is 27.2. The van der Waals surface area contributed by atoms with Crippen molar-refractivity contribution in [3.8, 4) is 0 Å². The van der Waals surface area contributed by atoms with Gasteiger partial charge in [-0.2, -0.15) is 0 Å². The van der Waals surface area contributed by atoms with Crippen molar-refractivity contribution in [2.45, 2.75) is 38.8 Å². The Bertz CT molecular complexity index is 698. The maximum Gasteiger partial charge on any atom is 0.237 e. The van der Waals surface area contributed by atoms with Crippen LogP contribution in [0.15, 0.2) is 28.7 Å². The molecule has 4 heterocycles. The molecule has 1 N–H and O–H groups in total. The van der Waals surface area contributed by atoms with Gasteiger partial charge in [0, 0.05) is 10.9 Å². The number of para-hydroxylation sites is 1. The van der Waals surface area contributed by atoms with Gasteiger partial charge in [0.25, 0.3) is 0 Å². The van der Waals surface area contributed by atoms with E-state index in [9.17, 15) is 4.79 Å². The minimum atomic E-state index is 0.0668. The van der Waals surface area contributed by atoms with E-state index in [2.05, 4.69) is 23.2 Å². The van der Waals surface area contributed by atoms with Crippen LogP contribution in [-0.4, -0.2) is 29.9 Å². The molecule has 0 saturated carbocycles. The number of nitrogens with one attached hydrogen (secondary N) is 1. The molecule has 2 bridgehead atoms. The van der Waals surface area contributed by atoms with Gasteiger partial charge in [0.2, 0.25) is 5.91 Å². The maximum absolute atomic E-state index is 12.5. The van der Waals surface area contributed by atoms with Gasteiger partial charge in [-0.3, -0.25) is 9.69 Å². The van der Waals surface area contributed by atoms with Crippen molar-refractivity contribution in [3.05, 3.63) is 35.6 Å². The van der Waals surface area contributed by atoms with Crippen molar-refractivity contribution in [2.75, 3.05) is 13.1 Å². The van der Waals surface area contributed by atoms with Gasteiger partial charge in [-0.15, -0.1) is 0 Å². The molecule has 4 nitrogen and oxygen atoms in total. The highest BCUT2D eigenvalue weighted by molar-refractivity contribution is 5.83. The van der Waals surface area contributed by atoms with Crippen LogP contribution in [0.25, 0.3) is 11.0 Å². The smallest absolute Gasteiger partial charge is 0.237 e. The van der Waals surface area contributed by atoms with Crippen molar-refractivity contribution in [1.29, 1.82) is 0 Å². The molecule has 1 aromatic carbocycles. The average molecular weight is 298 g/mol. The molecular formula is C18H22N2O2. The zero-order valence-electron chi connectivity index (χ0n) is 13.0. The van der Waals surface area contributed by atoms with E-state index in [1.54, 1.807) is 0 Å². The van der Waals surface area contributed by atoms with Gasteiger partial charge in [0.05, 0.1) is 12.6 Å². The number of hydrogen-bond acceptors (Lipinski definition) is 3. The number of nitrogens with zero attached hydrogens (tertiary/aromatic N) is 1. The monoisotopic (exact) mass is 298 g/mol. The summed E-state index contributed by atoms with van der Waals surface area (Å²) in [6, 6.07) is 8.08. The molecule has 0 aliphatic carbocycles. The lowest BCUT2D eigenvalue weighted by Crippen LogP contribution is -2.55. The van der Waals surface area contributed by atoms with Crippen LogP contribution < -0.4 is 5.32 Å². The van der Waals surface area contributed by atoms with Crippen LogP contribution in [0.5, 0.6) is 0 Å². The van der Waals surface area contributed by atoms with E-state index in [0.717, 1.165) is 47.7 Å². The predicted molar refractivity (Wildman–Crippen MR) is 85.5 cm³/mol. The lowest BCUT2D eigenvalue weighted by molar-refractivity contribution is -0.130. The fourth-order valence-electron chi connectivity index (χ4n) is 3.92. The molecule has 0 spiro atoms. The number of aryl methyl sites for hydroxylation is 1. The van der Waals surface area contributed by atoms with Crippen LogP contribution in [-0.2, 0) is 11.3 Å². The largest absolute Gasteiger partial charge is 0.459 e. The number of furan rings is 1. The highest BCUT2D eigenvalue weighted by Crippen LogP contribution is 2.32. The number of hydrogen-bond donors (Lipinski definition) is 1. The molecular weight excluding hydrogens is 276 g/mol. The summed E-state index contributed by atoms with van der Waals surface area (Å²) in [5.74, 6) is 1.77. The standard InChI is InChI=1S/C18H22N2O2/c1-12-14-4-2-3-5-16(14)22-17(12)11-19-18(21)15-10-13-6-8-20(15)9-7-13/h2-5,13,15H,6-11H2,1H3,(H,19,21). The first-order valence-corrected chi connectivity index (χ1v) is 8.21. The first-order chi connectivity index (χ1) is 10.7. The van der Waals surface area contributed by atoms with Crippen LogP contribution >= 0.6 is 0 Å². The number of amides is 1. The predicted octanol–water partition coefficient (Wildman–Crippen LogP) is 2.84. The minimum absolute atomic E-state index is 0.0668. The fourth-order valence-corrected chi connectivity index (χ4v) is 3.92. The van der Waals surface area contributed by atoms with Crippen LogP contribution in [0, 0.1) is 12.8 Å². The molecule has 3 fully saturated rings. The number of carbonyl (C=O) groups excluding carboxylic acids is 1. The highest BCUT2D eigenvalue weighted by Gasteiger charge is 2.37. The van der Waals surface area contributed by atoms with Crippen molar-refractivity contribution in [2.24, 2.45) is 5.92 Å². The molecule has 1 unspecified atom stereocenters. The Morgan fingerprint density at radius 1 is 1.32 bits per heavy atom. The van der Waals surface area contributed by atoms with E-state index in [1.807, 2.05) is 18.2 Å². The third kappa shape index (κ3) is 2.31. The van der Waals surface area contributed by atoms with Crippen molar-refractivity contribution in [3.63, 3.8) is 0 Å². The Morgan fingerprint density at radius 3 is 2.77 bits per heavy atom. The van der Waals surface area contributed by atoms with E-state index < -0.39 is 0 Å². The van der Waals surface area contributed by atoms with Gasteiger partial charge >= 0.3 is 0 Å². The van der Waals surface area contributed by atoms with Crippen molar-refractivity contribution < 1.29 is 9.21 Å². The number of piperidine rings is 3. The molecule has 5 rings (SSSR count). The first-order valence-electron chi connectivity index (χ1n) is 8.21. The first kappa shape index (κ1) is 13.8. The number of carbonyl (C=O) groups is 1. The lowest BCUT2D eigenvalue weighted by atomic mass is 9.83. The molecule has 22 heavy (non-hydrogen) atoms. The average Bonchev–Trinajstić information content (AvgIpc) is 2.90. The second-order valence-corrected chi connectivity index (χ2v) is 6.60. The second kappa shape index (κ2) is 5.43. The Balaban J connectivity index is 1.45. The molecule has 1 amide bonds. The van der Waals surface area contributed by atoms with Crippen LogP contribution in [0.3, 0.4) is 0 Å². The minimum Gasteiger partial charge on any atom is -0.459 e. The van der Waals surface area contributed by atoms with Gasteiger partial charge in [-0.1, -0.05) is 18.2 Å². The Labute approximate surface area is 130 Å². The fraction of sp³-hybridized carbons (Fsp3) is 0.500. The van der Waals surface area contributed by atoms with Crippen molar-refractivity contribution >= 4 is 16.9 Å². The molecule has 0 radical (unpaired) electrons. The Kier molecular flexibility index (Phi) is 3.41. The van der Waals surface area contributed by atoms with E-state index in [0.29, 0.717) is 6.54 Å². The molecule has 2 aromatic rings. The third-order valence-corrected chi connectivity index (χ3v) is 5.31. The summed E-state index contributed by atoms with van der Waals surface area (Å²) in [5.41, 5.74) is 2.02. The third-order valence-electron chi connectivity index (χ3n) is 5.31. The molecule has 4 heteroatoms. The zero-order chi connectivity index (χ0) is 15.1. The Hall–Kier alpha value is -1.81. The van der Waals surface area contributed by atoms with Crippen LogP contribution in [0.4, 0.5) is 0 Å². The molecule has 1 aromatic heterocycles. The van der Waals surface area contributed by atoms with E-state index in [4.69, 9.17) is 4.42 Å². The summed E-state index contributed by atoms with van der Waals surface area (Å²) in [5, 5.41) is 4.21. The van der Waals surface area contributed by atoms with Gasteiger partial charge in [0.1, 0.15) is 11.3 Å². The maximum atomic E-state index is 12.5. The summed E-state index contributed by atoms with van der Waals surface area (Å²) in [6.07, 6.45) is 3.53. The summed E-state index contributed by atoms with van der Waals surface area (Å²) < 4.78 is 5.87. The molecule has 3 aliphatic heterocycles. The second-order valence-electron chi connectivity index (χ2n) is 6.60. The van der Waals surface area contributed by atoms with Gasteiger partial charge < -0.3 is 9.73 Å². The molecule has 1 atom stereocenters. The lowest BCUT2D eigenvalue weighted by Gasteiger charge is -2.44. The van der Waals surface area contributed by atoms with E-state index in [-0.39, 0.29) is 11.9 Å². The zero-order valence-corrected chi connectivity index (χ0v) is 13.0. The van der Waals surface area contributed by atoms with E-state index >= 15 is 0 Å². The highest BCUT2D eigenvalue weighted by atomic mass is 16.3. The molecule has 3 aliphatic rings. The van der Waals surface area contributed by atoms with Gasteiger partial charge in [0.15, 0.2) is 0 Å². The Morgan fingerprint density at radius 2 is 2.09 bits per heavy atom. The summed E-state index contributed by atoms with van der Waals surface area (Å²) in [7, 11) is 0. The molecule has 3 saturated heterocycles. The number of benzene rings is 1. The topological polar surface area (TPSA) is 45.5 Å². The molecule has 116 valence electrons. The van der Waals surface area contributed by atoms with Gasteiger partial charge in [-0.25, -0.2) is 0 Å². The quantitative estimate of drug-likeness (QED) is 0.947. The summed E-state index contributed by atoms with van der Waals surface area (Å²) >= 11 is 0. The summed E-state index contributed by atoms with van der Waals surface area (Å²) in [4.78, 5) is 14.8. The number of fused-ring (bicyclic) bond motifs is 4. The summed E-state index contributed by atoms with van der Waals surface area (Å²) in [6.45, 7) is 4.69.